The maximum atomic E-state index is 11.1. The second-order valence-corrected chi connectivity index (χ2v) is 5.10. The largest absolute Gasteiger partial charge is 0.540 e. The fourth-order valence-electron chi connectivity index (χ4n) is 0.735. The summed E-state index contributed by atoms with van der Waals surface area (Å²) >= 11 is 0. The smallest absolute Gasteiger partial charge is 0.460 e. The molecule has 0 aromatic rings. The number of ether oxygens (including phenoxy) is 1. The Labute approximate surface area is 84.8 Å². The minimum absolute atomic E-state index is 0.0950. The van der Waals surface area contributed by atoms with Gasteiger partial charge < -0.3 is 4.74 Å². The van der Waals surface area contributed by atoms with E-state index in [1.165, 1.54) is 0 Å². The molecular formula is C9H16O4P+. The van der Waals surface area contributed by atoms with Crippen LogP contribution in [0.25, 0.3) is 0 Å². The molecular weight excluding hydrogens is 203 g/mol. The second-order valence-electron chi connectivity index (χ2n) is 3.93. The molecule has 0 fully saturated rings. The molecule has 0 aromatic heterocycles. The Bertz CT molecular complexity index is 252. The molecule has 0 radical (unpaired) electrons. The number of esters is 1. The van der Waals surface area contributed by atoms with Crippen molar-refractivity contribution in [2.24, 2.45) is 0 Å². The molecule has 1 unspecified atom stereocenters. The van der Waals surface area contributed by atoms with Crippen molar-refractivity contribution in [2.75, 3.05) is 0 Å². The molecule has 0 bridgehead atoms. The van der Waals surface area contributed by atoms with Crippen LogP contribution in [0.2, 0.25) is 0 Å². The van der Waals surface area contributed by atoms with Crippen LogP contribution < -0.4 is 0 Å². The van der Waals surface area contributed by atoms with Crippen molar-refractivity contribution in [2.45, 2.75) is 39.2 Å². The van der Waals surface area contributed by atoms with Crippen molar-refractivity contribution in [1.29, 1.82) is 0 Å². The second kappa shape index (κ2) is 5.23. The van der Waals surface area contributed by atoms with Crippen LogP contribution in [-0.2, 0) is 14.1 Å². The van der Waals surface area contributed by atoms with Crippen LogP contribution in [0.5, 0.6) is 0 Å². The van der Waals surface area contributed by atoms with Gasteiger partial charge in [-0.15, -0.1) is 0 Å². The highest BCUT2D eigenvalue weighted by Crippen LogP contribution is 2.29. The van der Waals surface area contributed by atoms with Crippen LogP contribution >= 0.6 is 8.03 Å². The number of carbonyl (C=O) groups is 1. The van der Waals surface area contributed by atoms with Crippen molar-refractivity contribution in [1.82, 2.24) is 0 Å². The summed E-state index contributed by atoms with van der Waals surface area (Å²) in [7, 11) is -2.38. The zero-order valence-electron chi connectivity index (χ0n) is 8.74. The third-order valence-electron chi connectivity index (χ3n) is 1.31. The van der Waals surface area contributed by atoms with Gasteiger partial charge in [0.25, 0.3) is 0 Å². The van der Waals surface area contributed by atoms with E-state index in [4.69, 9.17) is 9.63 Å². The molecule has 0 aliphatic rings. The molecule has 0 amide bonds. The van der Waals surface area contributed by atoms with E-state index in [9.17, 15) is 9.36 Å². The van der Waals surface area contributed by atoms with Gasteiger partial charge >= 0.3 is 14.0 Å². The van der Waals surface area contributed by atoms with Crippen molar-refractivity contribution < 1.29 is 19.0 Å². The van der Waals surface area contributed by atoms with Gasteiger partial charge in [-0.1, -0.05) is 0 Å². The molecule has 1 atom stereocenters. The first-order valence-electron chi connectivity index (χ1n) is 4.28. The minimum atomic E-state index is -2.38. The average molecular weight is 219 g/mol. The molecule has 0 aliphatic carbocycles. The zero-order chi connectivity index (χ0) is 11.4. The summed E-state index contributed by atoms with van der Waals surface area (Å²) in [5.74, 6) is -0.379. The topological polar surface area (TPSA) is 63.6 Å². The molecule has 0 saturated carbocycles. The maximum Gasteiger partial charge on any atom is 0.540 e. The average Bonchev–Trinajstić information content (AvgIpc) is 1.96. The summed E-state index contributed by atoms with van der Waals surface area (Å²) in [6.45, 7) is 8.69. The summed E-state index contributed by atoms with van der Waals surface area (Å²) in [4.78, 5) is 19.8. The molecule has 5 heteroatoms. The number of rotatable bonds is 4. The van der Waals surface area contributed by atoms with Crippen LogP contribution in [-0.4, -0.2) is 16.5 Å². The van der Waals surface area contributed by atoms with E-state index in [0.29, 0.717) is 0 Å². The van der Waals surface area contributed by atoms with Crippen molar-refractivity contribution >= 4 is 14.0 Å². The monoisotopic (exact) mass is 219 g/mol. The zero-order valence-corrected chi connectivity index (χ0v) is 9.63. The highest BCUT2D eigenvalue weighted by Gasteiger charge is 2.21. The van der Waals surface area contributed by atoms with Crippen LogP contribution in [0.1, 0.15) is 33.6 Å². The van der Waals surface area contributed by atoms with Crippen LogP contribution in [0.15, 0.2) is 11.9 Å². The Morgan fingerprint density at radius 1 is 1.43 bits per heavy atom. The van der Waals surface area contributed by atoms with E-state index in [1.54, 1.807) is 20.8 Å². The minimum Gasteiger partial charge on any atom is -0.460 e. The van der Waals surface area contributed by atoms with Crippen LogP contribution in [0.4, 0.5) is 0 Å². The summed E-state index contributed by atoms with van der Waals surface area (Å²) in [6.07, 6.45) is 0.290. The van der Waals surface area contributed by atoms with Gasteiger partial charge in [-0.05, 0) is 31.9 Å². The number of hydrogen-bond donors (Lipinski definition) is 1. The standard InChI is InChI=1S/C9H15O4P/c1-7(14(11)12)5-6-8(10)13-9(2,3)4/h1,5-6H2,2-4H3/p+1. The quantitative estimate of drug-likeness (QED) is 0.582. The van der Waals surface area contributed by atoms with Crippen molar-refractivity contribution in [3.63, 3.8) is 0 Å². The van der Waals surface area contributed by atoms with Gasteiger partial charge in [-0.3, -0.25) is 4.79 Å². The van der Waals surface area contributed by atoms with Gasteiger partial charge in [0.1, 0.15) is 5.60 Å². The fourth-order valence-corrected chi connectivity index (χ4v) is 1.04. The first kappa shape index (κ1) is 13.3. The molecule has 0 aliphatic heterocycles. The first-order chi connectivity index (χ1) is 6.22. The molecule has 0 spiro atoms. The molecule has 4 nitrogen and oxygen atoms in total. The first-order valence-corrected chi connectivity index (χ1v) is 5.49. The Hall–Kier alpha value is -0.730. The Morgan fingerprint density at radius 3 is 2.29 bits per heavy atom. The number of hydrogen-bond acceptors (Lipinski definition) is 3. The summed E-state index contributed by atoms with van der Waals surface area (Å²) in [5, 5.41) is 0.172. The van der Waals surface area contributed by atoms with E-state index < -0.39 is 13.6 Å². The van der Waals surface area contributed by atoms with Gasteiger partial charge in [0.05, 0.1) is 6.42 Å². The Morgan fingerprint density at radius 2 is 1.93 bits per heavy atom. The highest BCUT2D eigenvalue weighted by atomic mass is 31.1. The van der Waals surface area contributed by atoms with E-state index in [1.807, 2.05) is 0 Å². The predicted molar refractivity (Wildman–Crippen MR) is 54.0 cm³/mol. The highest BCUT2D eigenvalue weighted by molar-refractivity contribution is 7.43. The van der Waals surface area contributed by atoms with E-state index in [0.717, 1.165) is 0 Å². The number of carbonyl (C=O) groups excluding carboxylic acids is 1. The third-order valence-corrected chi connectivity index (χ3v) is 2.07. The lowest BCUT2D eigenvalue weighted by Gasteiger charge is -2.19. The third kappa shape index (κ3) is 6.75. The van der Waals surface area contributed by atoms with E-state index in [2.05, 4.69) is 6.58 Å². The van der Waals surface area contributed by atoms with Crippen LogP contribution in [0, 0.1) is 0 Å². The number of allylic oxidation sites excluding steroid dienone is 1. The van der Waals surface area contributed by atoms with Crippen LogP contribution in [0.3, 0.4) is 0 Å². The molecule has 0 heterocycles. The van der Waals surface area contributed by atoms with Gasteiger partial charge in [-0.25, -0.2) is 0 Å². The lowest BCUT2D eigenvalue weighted by molar-refractivity contribution is -0.154. The Kier molecular flexibility index (Phi) is 4.95. The summed E-state index contributed by atoms with van der Waals surface area (Å²) in [6, 6.07) is 0. The van der Waals surface area contributed by atoms with Gasteiger partial charge in [-0.2, -0.15) is 4.89 Å². The molecule has 0 saturated heterocycles. The predicted octanol–water partition coefficient (Wildman–Crippen LogP) is 2.36. The summed E-state index contributed by atoms with van der Waals surface area (Å²) in [5.41, 5.74) is -0.514. The lowest BCUT2D eigenvalue weighted by Crippen LogP contribution is -2.23. The molecule has 14 heavy (non-hydrogen) atoms. The fraction of sp³-hybridized carbons (Fsp3) is 0.667. The van der Waals surface area contributed by atoms with Crippen molar-refractivity contribution in [3.8, 4) is 0 Å². The molecule has 0 aromatic carbocycles. The van der Waals surface area contributed by atoms with Gasteiger partial charge in [0.2, 0.25) is 0 Å². The Balaban J connectivity index is 3.87. The van der Waals surface area contributed by atoms with Gasteiger partial charge in [0.15, 0.2) is 5.31 Å². The van der Waals surface area contributed by atoms with Crippen molar-refractivity contribution in [3.05, 3.63) is 11.9 Å². The lowest BCUT2D eigenvalue weighted by atomic mass is 10.2. The molecule has 1 N–H and O–H groups in total. The molecule has 0 rings (SSSR count). The normalized spacial score (nSPS) is 12.1. The van der Waals surface area contributed by atoms with E-state index >= 15 is 0 Å². The maximum absolute atomic E-state index is 11.1. The van der Waals surface area contributed by atoms with Gasteiger partial charge in [0, 0.05) is 6.42 Å². The summed E-state index contributed by atoms with van der Waals surface area (Å²) < 4.78 is 15.5. The molecule has 80 valence electrons. The van der Waals surface area contributed by atoms with E-state index in [-0.39, 0.29) is 24.1 Å². The SMILES string of the molecule is C=C(CCC(=O)OC(C)(C)C)[P+](=O)O.